The van der Waals surface area contributed by atoms with Crippen LogP contribution in [0.5, 0.6) is 5.75 Å². The first-order valence-electron chi connectivity index (χ1n) is 6.16. The fraction of sp³-hybridized carbons (Fsp3) is 0.0625. The summed E-state index contributed by atoms with van der Waals surface area (Å²) < 4.78 is 5.24. The van der Waals surface area contributed by atoms with Crippen molar-refractivity contribution in [3.8, 4) is 29.0 Å². The summed E-state index contributed by atoms with van der Waals surface area (Å²) in [5.74, 6) is 0.577. The summed E-state index contributed by atoms with van der Waals surface area (Å²) >= 11 is 0. The van der Waals surface area contributed by atoms with Crippen LogP contribution in [0.1, 0.15) is 0 Å². The van der Waals surface area contributed by atoms with Crippen molar-refractivity contribution >= 4 is 11.4 Å². The van der Waals surface area contributed by atoms with E-state index in [9.17, 15) is 0 Å². The van der Waals surface area contributed by atoms with Crippen molar-refractivity contribution in [2.24, 2.45) is 5.10 Å². The summed E-state index contributed by atoms with van der Waals surface area (Å²) in [4.78, 5) is 0. The van der Waals surface area contributed by atoms with E-state index in [0.717, 1.165) is 11.1 Å². The highest BCUT2D eigenvalue weighted by atomic mass is 16.5. The number of hydrogen-bond donors (Lipinski definition) is 1. The number of nitrogens with zero attached hydrogens (tertiary/aromatic N) is 3. The zero-order valence-corrected chi connectivity index (χ0v) is 11.4. The molecule has 2 aromatic carbocycles. The van der Waals surface area contributed by atoms with Gasteiger partial charge in [-0.3, -0.25) is 5.43 Å². The normalized spacial score (nSPS) is 9.10. The van der Waals surface area contributed by atoms with Crippen LogP contribution in [-0.4, -0.2) is 12.8 Å². The average Bonchev–Trinajstić information content (AvgIpc) is 2.56. The number of anilines is 1. The molecular weight excluding hydrogens is 264 g/mol. The molecule has 0 fully saturated rings. The quantitative estimate of drug-likeness (QED) is 0.687. The first-order valence-corrected chi connectivity index (χ1v) is 6.16. The molecule has 102 valence electrons. The number of methoxy groups -OCH3 is 1. The van der Waals surface area contributed by atoms with Gasteiger partial charge >= 0.3 is 0 Å². The lowest BCUT2D eigenvalue weighted by Crippen LogP contribution is -1.98. The van der Waals surface area contributed by atoms with Crippen LogP contribution in [0.2, 0.25) is 0 Å². The molecule has 0 aliphatic heterocycles. The lowest BCUT2D eigenvalue weighted by atomic mass is 10.1. The van der Waals surface area contributed by atoms with Crippen molar-refractivity contribution in [2.75, 3.05) is 12.5 Å². The van der Waals surface area contributed by atoms with Gasteiger partial charge in [-0.25, -0.2) is 0 Å². The number of benzene rings is 2. The van der Waals surface area contributed by atoms with Gasteiger partial charge in [0.05, 0.1) is 12.8 Å². The zero-order chi connectivity index (χ0) is 15.1. The minimum absolute atomic E-state index is 0.248. The Morgan fingerprint density at radius 3 is 2.38 bits per heavy atom. The lowest BCUT2D eigenvalue weighted by Gasteiger charge is -2.10. The molecule has 0 aliphatic rings. The molecular formula is C16H12N4O. The third-order valence-corrected chi connectivity index (χ3v) is 2.81. The smallest absolute Gasteiger partial charge is 0.237 e. The van der Waals surface area contributed by atoms with Crippen molar-refractivity contribution in [3.63, 3.8) is 0 Å². The summed E-state index contributed by atoms with van der Waals surface area (Å²) in [6.45, 7) is 0. The summed E-state index contributed by atoms with van der Waals surface area (Å²) in [5, 5.41) is 21.1. The van der Waals surface area contributed by atoms with Gasteiger partial charge in [0.15, 0.2) is 0 Å². The topological polar surface area (TPSA) is 81.2 Å². The Morgan fingerprint density at radius 1 is 1.05 bits per heavy atom. The Kier molecular flexibility index (Phi) is 4.53. The molecule has 2 aromatic rings. The number of rotatable bonds is 4. The van der Waals surface area contributed by atoms with Gasteiger partial charge in [0, 0.05) is 0 Å². The maximum absolute atomic E-state index is 8.69. The predicted molar refractivity (Wildman–Crippen MR) is 80.7 cm³/mol. The van der Waals surface area contributed by atoms with Crippen molar-refractivity contribution < 1.29 is 4.74 Å². The molecule has 0 atom stereocenters. The van der Waals surface area contributed by atoms with Gasteiger partial charge in [0.2, 0.25) is 5.71 Å². The second-order valence-corrected chi connectivity index (χ2v) is 4.08. The molecule has 0 radical (unpaired) electrons. The fourth-order valence-electron chi connectivity index (χ4n) is 1.80. The average molecular weight is 276 g/mol. The number of nitrogens with one attached hydrogen (secondary N) is 1. The molecule has 0 bridgehead atoms. The molecule has 0 saturated heterocycles. The van der Waals surface area contributed by atoms with Gasteiger partial charge in [-0.15, -0.1) is 0 Å². The largest absolute Gasteiger partial charge is 0.495 e. The van der Waals surface area contributed by atoms with Crippen molar-refractivity contribution in [2.45, 2.75) is 0 Å². The molecule has 0 aliphatic carbocycles. The van der Waals surface area contributed by atoms with E-state index in [2.05, 4.69) is 10.5 Å². The number of hydrogen-bond acceptors (Lipinski definition) is 5. The van der Waals surface area contributed by atoms with Crippen LogP contribution >= 0.6 is 0 Å². The third-order valence-electron chi connectivity index (χ3n) is 2.81. The molecule has 21 heavy (non-hydrogen) atoms. The molecule has 0 amide bonds. The van der Waals surface area contributed by atoms with Crippen LogP contribution < -0.4 is 10.2 Å². The van der Waals surface area contributed by atoms with Gasteiger partial charge in [-0.1, -0.05) is 36.4 Å². The molecule has 0 heterocycles. The standard InChI is InChI=1S/C16H12N4O/c1-21-16-8-7-13(12-5-3-2-4-6-12)9-15(16)20-19-14(10-17)11-18/h2-9,20H,1H3. The molecule has 0 saturated carbocycles. The van der Waals surface area contributed by atoms with Gasteiger partial charge in [0.25, 0.3) is 0 Å². The molecule has 1 N–H and O–H groups in total. The zero-order valence-electron chi connectivity index (χ0n) is 11.4. The van der Waals surface area contributed by atoms with E-state index in [1.54, 1.807) is 25.3 Å². The summed E-state index contributed by atoms with van der Waals surface area (Å²) in [6, 6.07) is 18.8. The van der Waals surface area contributed by atoms with Gasteiger partial charge in [0.1, 0.15) is 17.9 Å². The van der Waals surface area contributed by atoms with Crippen LogP contribution in [0, 0.1) is 22.7 Å². The van der Waals surface area contributed by atoms with Gasteiger partial charge in [-0.05, 0) is 23.3 Å². The number of nitriles is 2. The number of hydrazone groups is 1. The highest BCUT2D eigenvalue weighted by Gasteiger charge is 2.06. The Balaban J connectivity index is 2.38. The van der Waals surface area contributed by atoms with Crippen LogP contribution in [0.4, 0.5) is 5.69 Å². The second-order valence-electron chi connectivity index (χ2n) is 4.08. The predicted octanol–water partition coefficient (Wildman–Crippen LogP) is 3.18. The minimum Gasteiger partial charge on any atom is -0.495 e. The van der Waals surface area contributed by atoms with E-state index < -0.39 is 0 Å². The Labute approximate surface area is 122 Å². The van der Waals surface area contributed by atoms with E-state index in [0.29, 0.717) is 11.4 Å². The maximum atomic E-state index is 8.69. The van der Waals surface area contributed by atoms with E-state index >= 15 is 0 Å². The van der Waals surface area contributed by atoms with Crippen LogP contribution in [-0.2, 0) is 0 Å². The number of ether oxygens (including phenoxy) is 1. The molecule has 2 rings (SSSR count). The Morgan fingerprint density at radius 2 is 1.76 bits per heavy atom. The summed E-state index contributed by atoms with van der Waals surface area (Å²) in [7, 11) is 1.54. The monoisotopic (exact) mass is 276 g/mol. The maximum Gasteiger partial charge on any atom is 0.237 e. The first kappa shape index (κ1) is 14.1. The Bertz CT molecular complexity index is 723. The second kappa shape index (κ2) is 6.74. The fourth-order valence-corrected chi connectivity index (χ4v) is 1.80. The van der Waals surface area contributed by atoms with E-state index in [1.165, 1.54) is 0 Å². The minimum atomic E-state index is -0.248. The van der Waals surface area contributed by atoms with Crippen LogP contribution in [0.25, 0.3) is 11.1 Å². The van der Waals surface area contributed by atoms with Crippen LogP contribution in [0.15, 0.2) is 53.6 Å². The van der Waals surface area contributed by atoms with E-state index in [1.807, 2.05) is 42.5 Å². The van der Waals surface area contributed by atoms with Crippen molar-refractivity contribution in [1.29, 1.82) is 10.5 Å². The molecule has 0 spiro atoms. The van der Waals surface area contributed by atoms with Crippen molar-refractivity contribution in [1.82, 2.24) is 0 Å². The van der Waals surface area contributed by atoms with E-state index in [-0.39, 0.29) is 5.71 Å². The lowest BCUT2D eigenvalue weighted by molar-refractivity contribution is 0.416. The highest BCUT2D eigenvalue weighted by molar-refractivity contribution is 6.10. The summed E-state index contributed by atoms with van der Waals surface area (Å²) in [5.41, 5.74) is 5.06. The molecule has 5 heteroatoms. The first-order chi connectivity index (χ1) is 10.3. The van der Waals surface area contributed by atoms with Gasteiger partial charge in [-0.2, -0.15) is 15.6 Å². The van der Waals surface area contributed by atoms with Crippen LogP contribution in [0.3, 0.4) is 0 Å². The van der Waals surface area contributed by atoms with Crippen molar-refractivity contribution in [3.05, 3.63) is 48.5 Å². The van der Waals surface area contributed by atoms with E-state index in [4.69, 9.17) is 15.3 Å². The SMILES string of the molecule is COc1ccc(-c2ccccc2)cc1NN=C(C#N)C#N. The highest BCUT2D eigenvalue weighted by Crippen LogP contribution is 2.30. The molecule has 5 nitrogen and oxygen atoms in total. The third kappa shape index (κ3) is 3.37. The molecule has 0 aromatic heterocycles. The summed E-state index contributed by atoms with van der Waals surface area (Å²) in [6.07, 6.45) is 0. The van der Waals surface area contributed by atoms with Gasteiger partial charge < -0.3 is 4.74 Å². The Hall–Kier alpha value is -3.31. The molecule has 0 unspecified atom stereocenters.